The van der Waals surface area contributed by atoms with Gasteiger partial charge in [-0.3, -0.25) is 9.78 Å². The number of amides is 1. The summed E-state index contributed by atoms with van der Waals surface area (Å²) in [5.74, 6) is 0.631. The Hall–Kier alpha value is -2.96. The summed E-state index contributed by atoms with van der Waals surface area (Å²) in [5, 5.41) is 4.62. The molecule has 7 heteroatoms. The first-order valence-electron chi connectivity index (χ1n) is 9.02. The fourth-order valence-corrected chi connectivity index (χ4v) is 3.17. The van der Waals surface area contributed by atoms with E-state index in [1.807, 2.05) is 24.3 Å². The topological polar surface area (TPSA) is 54.9 Å². The number of rotatable bonds is 4. The second kappa shape index (κ2) is 6.89. The van der Waals surface area contributed by atoms with Crippen molar-refractivity contribution in [1.82, 2.24) is 9.97 Å². The minimum atomic E-state index is -4.28. The van der Waals surface area contributed by atoms with Crippen LogP contribution in [0.25, 0.3) is 21.9 Å². The number of nitrogens with zero attached hydrogens (tertiary/aromatic N) is 2. The number of anilines is 1. The van der Waals surface area contributed by atoms with E-state index in [9.17, 15) is 18.0 Å². The summed E-state index contributed by atoms with van der Waals surface area (Å²) in [6, 6.07) is 9.01. The average Bonchev–Trinajstić information content (AvgIpc) is 3.45. The van der Waals surface area contributed by atoms with Crippen LogP contribution in [0.2, 0.25) is 0 Å². The number of aromatic nitrogens is 2. The normalized spacial score (nSPS) is 14.3. The van der Waals surface area contributed by atoms with E-state index in [4.69, 9.17) is 0 Å². The number of hydrogen-bond donors (Lipinski definition) is 1. The highest BCUT2D eigenvalue weighted by Crippen LogP contribution is 2.31. The van der Waals surface area contributed by atoms with Crippen LogP contribution in [0.4, 0.5) is 19.0 Å². The quantitative estimate of drug-likeness (QED) is 0.683. The van der Waals surface area contributed by atoms with E-state index >= 15 is 0 Å². The van der Waals surface area contributed by atoms with Crippen LogP contribution in [0.15, 0.2) is 42.7 Å². The summed E-state index contributed by atoms with van der Waals surface area (Å²) < 4.78 is 37.7. The van der Waals surface area contributed by atoms with Gasteiger partial charge in [-0.1, -0.05) is 12.1 Å². The van der Waals surface area contributed by atoms with E-state index < -0.39 is 12.6 Å². The Balaban J connectivity index is 1.59. The van der Waals surface area contributed by atoms with E-state index in [2.05, 4.69) is 15.3 Å². The molecule has 1 aromatic carbocycles. The number of carbonyl (C=O) groups is 1. The van der Waals surface area contributed by atoms with E-state index in [1.54, 1.807) is 13.1 Å². The third-order valence-corrected chi connectivity index (χ3v) is 4.78. The van der Waals surface area contributed by atoms with E-state index in [-0.39, 0.29) is 17.5 Å². The molecule has 0 aliphatic heterocycles. The predicted molar refractivity (Wildman–Crippen MR) is 101 cm³/mol. The molecule has 3 aromatic rings. The largest absolute Gasteiger partial charge is 0.394 e. The van der Waals surface area contributed by atoms with Crippen molar-refractivity contribution in [2.75, 3.05) is 5.32 Å². The molecule has 2 aromatic heterocycles. The molecule has 0 unspecified atom stereocenters. The summed E-state index contributed by atoms with van der Waals surface area (Å²) in [6.07, 6.45) is -0.291. The maximum atomic E-state index is 12.6. The Bertz CT molecular complexity index is 1060. The van der Waals surface area contributed by atoms with E-state index in [0.29, 0.717) is 5.82 Å². The van der Waals surface area contributed by atoms with Crippen LogP contribution in [0, 0.1) is 12.8 Å². The molecule has 1 aliphatic rings. The Kier molecular flexibility index (Phi) is 4.53. The van der Waals surface area contributed by atoms with Crippen LogP contribution < -0.4 is 5.32 Å². The molecule has 0 radical (unpaired) electrons. The van der Waals surface area contributed by atoms with Gasteiger partial charge in [0.15, 0.2) is 0 Å². The maximum Gasteiger partial charge on any atom is 0.394 e. The number of fused-ring (bicyclic) bond motifs is 1. The second-order valence-corrected chi connectivity index (χ2v) is 7.18. The van der Waals surface area contributed by atoms with Gasteiger partial charge in [0.05, 0.1) is 6.42 Å². The van der Waals surface area contributed by atoms with Gasteiger partial charge in [-0.05, 0) is 54.5 Å². The van der Waals surface area contributed by atoms with Gasteiger partial charge in [-0.2, -0.15) is 13.2 Å². The third-order valence-electron chi connectivity index (χ3n) is 4.78. The Morgan fingerprint density at radius 1 is 1.11 bits per heavy atom. The number of hydrogen-bond acceptors (Lipinski definition) is 3. The van der Waals surface area contributed by atoms with Crippen LogP contribution >= 0.6 is 0 Å². The number of nitrogens with one attached hydrogen (secondary N) is 1. The van der Waals surface area contributed by atoms with Gasteiger partial charge in [0.25, 0.3) is 0 Å². The second-order valence-electron chi connectivity index (χ2n) is 7.18. The molecule has 0 bridgehead atoms. The summed E-state index contributed by atoms with van der Waals surface area (Å²) in [6.45, 7) is 1.77. The Morgan fingerprint density at radius 2 is 1.89 bits per heavy atom. The lowest BCUT2D eigenvalue weighted by Crippen LogP contribution is -2.14. The molecule has 1 fully saturated rings. The van der Waals surface area contributed by atoms with Crippen LogP contribution in [0.1, 0.15) is 24.1 Å². The van der Waals surface area contributed by atoms with E-state index in [1.165, 1.54) is 12.3 Å². The van der Waals surface area contributed by atoms with Crippen molar-refractivity contribution < 1.29 is 18.0 Å². The highest BCUT2D eigenvalue weighted by Gasteiger charge is 2.30. The van der Waals surface area contributed by atoms with Crippen LogP contribution in [-0.4, -0.2) is 22.1 Å². The monoisotopic (exact) mass is 385 g/mol. The number of carbonyl (C=O) groups excluding carboxylic acids is 1. The maximum absolute atomic E-state index is 12.6. The van der Waals surface area contributed by atoms with Gasteiger partial charge >= 0.3 is 6.18 Å². The molecule has 0 saturated heterocycles. The summed E-state index contributed by atoms with van der Waals surface area (Å²) >= 11 is 0. The van der Waals surface area contributed by atoms with Crippen LogP contribution in [0.5, 0.6) is 0 Å². The SMILES string of the molecule is Cc1cc(CC(F)(F)F)ncc1-c1ccc2cc(NC(=O)C3CC3)ncc2c1. The highest BCUT2D eigenvalue weighted by atomic mass is 19.4. The van der Waals surface area contributed by atoms with Gasteiger partial charge in [-0.15, -0.1) is 0 Å². The predicted octanol–water partition coefficient (Wildman–Crippen LogP) is 5.06. The molecule has 28 heavy (non-hydrogen) atoms. The molecule has 4 nitrogen and oxygen atoms in total. The minimum absolute atomic E-state index is 0.00381. The van der Waals surface area contributed by atoms with Gasteiger partial charge in [-0.25, -0.2) is 4.98 Å². The summed E-state index contributed by atoms with van der Waals surface area (Å²) in [4.78, 5) is 20.1. The summed E-state index contributed by atoms with van der Waals surface area (Å²) in [5.41, 5.74) is 2.37. The molecule has 1 aliphatic carbocycles. The van der Waals surface area contributed by atoms with Gasteiger partial charge < -0.3 is 5.32 Å². The van der Waals surface area contributed by atoms with Crippen molar-refractivity contribution in [3.8, 4) is 11.1 Å². The summed E-state index contributed by atoms with van der Waals surface area (Å²) in [7, 11) is 0. The number of halogens is 3. The molecule has 1 N–H and O–H groups in total. The zero-order chi connectivity index (χ0) is 19.9. The Labute approximate surface area is 159 Å². The van der Waals surface area contributed by atoms with Crippen LogP contribution in [0.3, 0.4) is 0 Å². The fraction of sp³-hybridized carbons (Fsp3) is 0.286. The number of pyridine rings is 2. The van der Waals surface area contributed by atoms with Gasteiger partial charge in [0, 0.05) is 35.0 Å². The fourth-order valence-electron chi connectivity index (χ4n) is 3.17. The lowest BCUT2D eigenvalue weighted by molar-refractivity contribution is -0.127. The molecule has 144 valence electrons. The van der Waals surface area contributed by atoms with Crippen LogP contribution in [-0.2, 0) is 11.2 Å². The molecule has 1 saturated carbocycles. The zero-order valence-corrected chi connectivity index (χ0v) is 15.2. The molecule has 4 rings (SSSR count). The van der Waals surface area contributed by atoms with Crippen molar-refractivity contribution in [2.45, 2.75) is 32.4 Å². The molecular weight excluding hydrogens is 367 g/mol. The van der Waals surface area contributed by atoms with Gasteiger partial charge in [0.1, 0.15) is 5.82 Å². The molecule has 0 spiro atoms. The molecule has 2 heterocycles. The highest BCUT2D eigenvalue weighted by molar-refractivity contribution is 5.96. The van der Waals surface area contributed by atoms with E-state index in [0.717, 1.165) is 40.3 Å². The zero-order valence-electron chi connectivity index (χ0n) is 15.2. The average molecular weight is 385 g/mol. The van der Waals surface area contributed by atoms with Crippen molar-refractivity contribution in [1.29, 1.82) is 0 Å². The third kappa shape index (κ3) is 4.13. The molecular formula is C21H18F3N3O. The lowest BCUT2D eigenvalue weighted by atomic mass is 9.99. The standard InChI is InChI=1S/C21H18F3N3O/c1-12-6-17(9-21(22,23)24)25-11-18(12)15-5-4-14-8-19(26-10-16(14)7-15)27-20(28)13-2-3-13/h4-8,10-11,13H,2-3,9H2,1H3,(H,26,27,28). The first-order valence-corrected chi connectivity index (χ1v) is 9.02. The molecule has 0 atom stereocenters. The number of aryl methyl sites for hydroxylation is 1. The van der Waals surface area contributed by atoms with Crippen molar-refractivity contribution >= 4 is 22.5 Å². The van der Waals surface area contributed by atoms with Crippen molar-refractivity contribution in [3.05, 3.63) is 54.0 Å². The number of benzene rings is 1. The van der Waals surface area contributed by atoms with Crippen molar-refractivity contribution in [3.63, 3.8) is 0 Å². The lowest BCUT2D eigenvalue weighted by Gasteiger charge is -2.11. The minimum Gasteiger partial charge on any atom is -0.310 e. The van der Waals surface area contributed by atoms with Crippen molar-refractivity contribution in [2.24, 2.45) is 5.92 Å². The first kappa shape index (κ1) is 18.4. The Morgan fingerprint density at radius 3 is 2.57 bits per heavy atom. The number of alkyl halides is 3. The molecule has 1 amide bonds. The van der Waals surface area contributed by atoms with Gasteiger partial charge in [0.2, 0.25) is 5.91 Å². The smallest absolute Gasteiger partial charge is 0.310 e. The first-order chi connectivity index (χ1) is 13.3.